The summed E-state index contributed by atoms with van der Waals surface area (Å²) in [6.45, 7) is 13.3. The van der Waals surface area contributed by atoms with Crippen LogP contribution >= 0.6 is 0 Å². The molecular weight excluding hydrogens is 430 g/mol. The zero-order chi connectivity index (χ0) is 25.0. The number of hydrogen-bond acceptors (Lipinski definition) is 8. The van der Waals surface area contributed by atoms with Crippen LogP contribution in [0.2, 0.25) is 0 Å². The van der Waals surface area contributed by atoms with Crippen molar-refractivity contribution in [1.29, 1.82) is 0 Å². The van der Waals surface area contributed by atoms with Gasteiger partial charge in [-0.1, -0.05) is 37.9 Å². The van der Waals surface area contributed by atoms with Crippen LogP contribution in [0.25, 0.3) is 0 Å². The Morgan fingerprint density at radius 2 is 1.06 bits per heavy atom. The molecule has 0 aromatic heterocycles. The molecule has 9 heteroatoms. The van der Waals surface area contributed by atoms with Gasteiger partial charge in [0, 0.05) is 22.4 Å². The molecule has 0 heterocycles. The van der Waals surface area contributed by atoms with Gasteiger partial charge in [-0.15, -0.1) is 0 Å². The first kappa shape index (κ1) is 27.2. The summed E-state index contributed by atoms with van der Waals surface area (Å²) in [5.74, 6) is -2.15. The second-order valence-corrected chi connectivity index (χ2v) is 7.64. The maximum Gasteiger partial charge on any atom is 0.411 e. The van der Waals surface area contributed by atoms with Crippen LogP contribution in [-0.2, 0) is 33.3 Å². The van der Waals surface area contributed by atoms with Crippen LogP contribution in [0.1, 0.15) is 20.8 Å². The monoisotopic (exact) mass is 459 g/mol. The van der Waals surface area contributed by atoms with E-state index in [1.54, 1.807) is 30.3 Å². The first-order valence-electron chi connectivity index (χ1n) is 9.92. The van der Waals surface area contributed by atoms with Gasteiger partial charge in [0.25, 0.3) is 0 Å². The first-order valence-corrected chi connectivity index (χ1v) is 9.92. The Morgan fingerprint density at radius 1 is 0.697 bits per heavy atom. The van der Waals surface area contributed by atoms with Crippen molar-refractivity contribution in [2.24, 2.45) is 5.41 Å². The minimum Gasteiger partial charge on any atom is -0.461 e. The number of rotatable bonds is 12. The summed E-state index contributed by atoms with van der Waals surface area (Å²) in [4.78, 5) is 48.2. The fraction of sp³-hybridized carbons (Fsp3) is 0.333. The summed E-state index contributed by atoms with van der Waals surface area (Å²) in [7, 11) is 0. The fourth-order valence-corrected chi connectivity index (χ4v) is 2.17. The molecule has 0 spiro atoms. The molecule has 0 aliphatic rings. The summed E-state index contributed by atoms with van der Waals surface area (Å²) in [5, 5.41) is 2.54. The number of amides is 1. The van der Waals surface area contributed by atoms with Crippen LogP contribution in [0.5, 0.6) is 0 Å². The lowest BCUT2D eigenvalue weighted by Gasteiger charge is -2.31. The van der Waals surface area contributed by atoms with Gasteiger partial charge in [-0.2, -0.15) is 0 Å². The number of esters is 3. The van der Waals surface area contributed by atoms with Gasteiger partial charge in [0.15, 0.2) is 0 Å². The molecule has 0 radical (unpaired) electrons. The topological polar surface area (TPSA) is 117 Å². The molecular formula is C24H29NO8. The lowest BCUT2D eigenvalue weighted by atomic mass is 9.92. The van der Waals surface area contributed by atoms with E-state index in [4.69, 9.17) is 18.9 Å². The smallest absolute Gasteiger partial charge is 0.411 e. The van der Waals surface area contributed by atoms with Crippen molar-refractivity contribution >= 4 is 29.7 Å². The molecule has 1 rings (SSSR count). The number of carbonyl (C=O) groups is 4. The first-order chi connectivity index (χ1) is 15.5. The number of nitrogens with one attached hydrogen (secondary N) is 1. The van der Waals surface area contributed by atoms with E-state index >= 15 is 0 Å². The summed E-state index contributed by atoms with van der Waals surface area (Å²) in [5.41, 5.74) is -0.530. The largest absolute Gasteiger partial charge is 0.461 e. The minimum atomic E-state index is -1.41. The molecule has 0 bridgehead atoms. The molecule has 0 saturated carbocycles. The predicted octanol–water partition coefficient (Wildman–Crippen LogP) is 3.58. The van der Waals surface area contributed by atoms with Crippen molar-refractivity contribution in [2.75, 3.05) is 31.7 Å². The predicted molar refractivity (Wildman–Crippen MR) is 121 cm³/mol. The van der Waals surface area contributed by atoms with Crippen LogP contribution in [0.15, 0.2) is 66.8 Å². The zero-order valence-electron chi connectivity index (χ0n) is 19.1. The molecule has 1 aromatic carbocycles. The lowest BCUT2D eigenvalue weighted by Crippen LogP contribution is -2.44. The third-order valence-corrected chi connectivity index (χ3v) is 4.10. The van der Waals surface area contributed by atoms with Gasteiger partial charge in [0.2, 0.25) is 0 Å². The Bertz CT molecular complexity index is 846. The zero-order valence-corrected chi connectivity index (χ0v) is 19.1. The Labute approximate surface area is 193 Å². The van der Waals surface area contributed by atoms with E-state index in [0.29, 0.717) is 5.69 Å². The molecule has 1 N–H and O–H groups in total. The summed E-state index contributed by atoms with van der Waals surface area (Å²) in [6, 6.07) is 8.55. The van der Waals surface area contributed by atoms with Gasteiger partial charge in [0.1, 0.15) is 31.8 Å². The van der Waals surface area contributed by atoms with Gasteiger partial charge < -0.3 is 18.9 Å². The second kappa shape index (κ2) is 12.8. The fourth-order valence-electron chi connectivity index (χ4n) is 2.17. The Kier molecular flexibility index (Phi) is 10.6. The van der Waals surface area contributed by atoms with Gasteiger partial charge in [-0.25, -0.2) is 19.2 Å². The van der Waals surface area contributed by atoms with Gasteiger partial charge >= 0.3 is 24.0 Å². The quantitative estimate of drug-likeness (QED) is 0.286. The van der Waals surface area contributed by atoms with Gasteiger partial charge in [-0.3, -0.25) is 5.32 Å². The van der Waals surface area contributed by atoms with E-state index in [-0.39, 0.29) is 16.7 Å². The summed E-state index contributed by atoms with van der Waals surface area (Å²) in [6.07, 6.45) is -0.811. The number of carbonyl (C=O) groups excluding carboxylic acids is 4. The molecule has 1 amide bonds. The van der Waals surface area contributed by atoms with Gasteiger partial charge in [-0.05, 0) is 32.9 Å². The molecule has 178 valence electrons. The standard InChI is InChI=1S/C24H29NO8/c1-16(2)20(26)30-12-24(13-31-21(27)17(3)4,14-32-22(28)18(5)6)15-33-23(29)25-19-10-8-7-9-11-19/h7-11H,1,3,5,12-15H2,2,4,6H3,(H,25,29). The molecule has 0 aliphatic carbocycles. The molecule has 0 fully saturated rings. The second-order valence-electron chi connectivity index (χ2n) is 7.64. The normalized spacial score (nSPS) is 10.4. The van der Waals surface area contributed by atoms with Crippen molar-refractivity contribution in [3.63, 3.8) is 0 Å². The number of hydrogen-bond donors (Lipinski definition) is 1. The third-order valence-electron chi connectivity index (χ3n) is 4.10. The molecule has 0 saturated heterocycles. The maximum atomic E-state index is 12.3. The van der Waals surface area contributed by atoms with Crippen LogP contribution in [0.4, 0.5) is 10.5 Å². The van der Waals surface area contributed by atoms with Crippen molar-refractivity contribution < 1.29 is 38.1 Å². The van der Waals surface area contributed by atoms with Crippen molar-refractivity contribution in [3.8, 4) is 0 Å². The van der Waals surface area contributed by atoms with E-state index in [1.807, 2.05) is 0 Å². The molecule has 9 nitrogen and oxygen atoms in total. The van der Waals surface area contributed by atoms with E-state index in [0.717, 1.165) is 0 Å². The summed E-state index contributed by atoms with van der Waals surface area (Å²) >= 11 is 0. The minimum absolute atomic E-state index is 0.129. The lowest BCUT2D eigenvalue weighted by molar-refractivity contribution is -0.160. The van der Waals surface area contributed by atoms with Crippen molar-refractivity contribution in [2.45, 2.75) is 20.8 Å². The number of para-hydroxylation sites is 1. The molecule has 1 aromatic rings. The Hall–Kier alpha value is -3.88. The van der Waals surface area contributed by atoms with E-state index in [9.17, 15) is 19.2 Å². The van der Waals surface area contributed by atoms with Crippen LogP contribution in [-0.4, -0.2) is 50.4 Å². The highest BCUT2D eigenvalue weighted by atomic mass is 16.6. The number of anilines is 1. The van der Waals surface area contributed by atoms with E-state index in [2.05, 4.69) is 25.1 Å². The van der Waals surface area contributed by atoms with Crippen molar-refractivity contribution in [1.82, 2.24) is 0 Å². The van der Waals surface area contributed by atoms with E-state index in [1.165, 1.54) is 20.8 Å². The van der Waals surface area contributed by atoms with E-state index < -0.39 is 55.8 Å². The van der Waals surface area contributed by atoms with Crippen molar-refractivity contribution in [3.05, 3.63) is 66.8 Å². The molecule has 33 heavy (non-hydrogen) atoms. The Balaban J connectivity index is 3.08. The molecule has 0 aliphatic heterocycles. The highest BCUT2D eigenvalue weighted by Gasteiger charge is 2.38. The number of ether oxygens (including phenoxy) is 4. The maximum absolute atomic E-state index is 12.3. The average Bonchev–Trinajstić information content (AvgIpc) is 2.77. The SMILES string of the molecule is C=C(C)C(=O)OCC(COC(=O)Nc1ccccc1)(COC(=O)C(=C)C)COC(=O)C(=C)C. The Morgan fingerprint density at radius 3 is 1.42 bits per heavy atom. The molecule has 0 atom stereocenters. The van der Waals surface area contributed by atoms with Gasteiger partial charge in [0.05, 0.1) is 0 Å². The third kappa shape index (κ3) is 9.86. The number of benzene rings is 1. The highest BCUT2D eigenvalue weighted by Crippen LogP contribution is 2.23. The highest BCUT2D eigenvalue weighted by molar-refractivity contribution is 5.88. The molecule has 0 unspecified atom stereocenters. The average molecular weight is 459 g/mol. The van der Waals surface area contributed by atoms with Crippen LogP contribution in [0, 0.1) is 5.41 Å². The summed E-state index contributed by atoms with van der Waals surface area (Å²) < 4.78 is 21.0. The van der Waals surface area contributed by atoms with Crippen LogP contribution < -0.4 is 5.32 Å². The van der Waals surface area contributed by atoms with Crippen LogP contribution in [0.3, 0.4) is 0 Å².